The molecular formula is C14H14BrF3N2O2S. The molecule has 1 aromatic rings. The maximum absolute atomic E-state index is 14.1. The van der Waals surface area contributed by atoms with Gasteiger partial charge in [0.15, 0.2) is 9.84 Å². The molecule has 1 unspecified atom stereocenters. The SMILES string of the molecule is CC1(c2cc(Br)ccc2F)CS(=O)(=O)C2(CC(F)(F)C2)C(N)=N1. The predicted molar refractivity (Wildman–Crippen MR) is 83.8 cm³/mol. The molecule has 126 valence electrons. The lowest BCUT2D eigenvalue weighted by atomic mass is 9.78. The normalized spacial score (nSPS) is 30.6. The van der Waals surface area contributed by atoms with Crippen molar-refractivity contribution in [2.24, 2.45) is 10.7 Å². The average Bonchev–Trinajstić information content (AvgIpc) is 2.35. The molecule has 0 radical (unpaired) electrons. The second-order valence-corrected chi connectivity index (χ2v) is 9.57. The molecule has 1 aliphatic carbocycles. The highest BCUT2D eigenvalue weighted by atomic mass is 79.9. The summed E-state index contributed by atoms with van der Waals surface area (Å²) >= 11 is 3.20. The van der Waals surface area contributed by atoms with Crippen molar-refractivity contribution in [1.82, 2.24) is 0 Å². The van der Waals surface area contributed by atoms with Crippen LogP contribution >= 0.6 is 15.9 Å². The van der Waals surface area contributed by atoms with Crippen molar-refractivity contribution >= 4 is 31.6 Å². The fraction of sp³-hybridized carbons (Fsp3) is 0.500. The molecule has 0 amide bonds. The number of hydrogen-bond acceptors (Lipinski definition) is 4. The first-order valence-electron chi connectivity index (χ1n) is 6.82. The Bertz CT molecular complexity index is 817. The molecule has 4 nitrogen and oxygen atoms in total. The van der Waals surface area contributed by atoms with Crippen LogP contribution in [-0.2, 0) is 15.4 Å². The average molecular weight is 411 g/mol. The van der Waals surface area contributed by atoms with Crippen molar-refractivity contribution in [2.75, 3.05) is 5.75 Å². The summed E-state index contributed by atoms with van der Waals surface area (Å²) in [5, 5.41) is 0. The molecule has 3 rings (SSSR count). The first kappa shape index (κ1) is 16.8. The molecule has 2 aliphatic rings. The minimum Gasteiger partial charge on any atom is -0.386 e. The zero-order chi connectivity index (χ0) is 17.3. The van der Waals surface area contributed by atoms with E-state index < -0.39 is 50.5 Å². The van der Waals surface area contributed by atoms with Gasteiger partial charge in [-0.1, -0.05) is 15.9 Å². The van der Waals surface area contributed by atoms with Crippen LogP contribution in [0.25, 0.3) is 0 Å². The van der Waals surface area contributed by atoms with Gasteiger partial charge in [0.05, 0.1) is 5.75 Å². The van der Waals surface area contributed by atoms with E-state index >= 15 is 0 Å². The third kappa shape index (κ3) is 2.39. The highest BCUT2D eigenvalue weighted by Gasteiger charge is 2.68. The minimum absolute atomic E-state index is 0.0549. The van der Waals surface area contributed by atoms with Crippen LogP contribution in [0.4, 0.5) is 13.2 Å². The number of aliphatic imine (C=N–C) groups is 1. The summed E-state index contributed by atoms with van der Waals surface area (Å²) in [6, 6.07) is 4.08. The Labute approximate surface area is 140 Å². The standard InChI is InChI=1S/C14H14BrF3N2O2S/c1-12(9-4-8(15)2-3-10(9)16)7-23(21,22)13(11(19)20-12)5-14(17,18)6-13/h2-4H,5-7H2,1H3,(H2,19,20). The largest absolute Gasteiger partial charge is 0.386 e. The first-order valence-corrected chi connectivity index (χ1v) is 9.27. The molecule has 1 aliphatic heterocycles. The summed E-state index contributed by atoms with van der Waals surface area (Å²) in [6.45, 7) is 1.44. The molecular weight excluding hydrogens is 397 g/mol. The van der Waals surface area contributed by atoms with Gasteiger partial charge in [-0.2, -0.15) is 0 Å². The molecule has 1 atom stereocenters. The molecule has 0 saturated heterocycles. The highest BCUT2D eigenvalue weighted by Crippen LogP contribution is 2.54. The summed E-state index contributed by atoms with van der Waals surface area (Å²) in [7, 11) is -4.01. The van der Waals surface area contributed by atoms with Crippen molar-refractivity contribution < 1.29 is 21.6 Å². The Morgan fingerprint density at radius 2 is 1.91 bits per heavy atom. The van der Waals surface area contributed by atoms with Crippen LogP contribution in [0.5, 0.6) is 0 Å². The van der Waals surface area contributed by atoms with Crippen molar-refractivity contribution in [3.63, 3.8) is 0 Å². The number of alkyl halides is 2. The lowest BCUT2D eigenvalue weighted by Gasteiger charge is -2.50. The van der Waals surface area contributed by atoms with E-state index in [1.807, 2.05) is 0 Å². The lowest BCUT2D eigenvalue weighted by Crippen LogP contribution is -2.68. The first-order chi connectivity index (χ1) is 10.4. The van der Waals surface area contributed by atoms with E-state index in [0.717, 1.165) is 0 Å². The van der Waals surface area contributed by atoms with Gasteiger partial charge >= 0.3 is 0 Å². The molecule has 0 aromatic heterocycles. The summed E-state index contributed by atoms with van der Waals surface area (Å²) in [4.78, 5) is 4.14. The van der Waals surface area contributed by atoms with Gasteiger partial charge in [-0.15, -0.1) is 0 Å². The third-order valence-corrected chi connectivity index (χ3v) is 7.62. The van der Waals surface area contributed by atoms with Crippen molar-refractivity contribution in [1.29, 1.82) is 0 Å². The molecule has 1 fully saturated rings. The summed E-state index contributed by atoms with van der Waals surface area (Å²) in [5.41, 5.74) is 4.38. The lowest BCUT2D eigenvalue weighted by molar-refractivity contribution is -0.0828. The van der Waals surface area contributed by atoms with E-state index in [1.165, 1.54) is 25.1 Å². The Morgan fingerprint density at radius 3 is 2.43 bits per heavy atom. The molecule has 1 saturated carbocycles. The number of sulfone groups is 1. The minimum atomic E-state index is -4.01. The molecule has 2 N–H and O–H groups in total. The number of nitrogens with zero attached hydrogens (tertiary/aromatic N) is 1. The van der Waals surface area contributed by atoms with Crippen LogP contribution in [0.3, 0.4) is 0 Å². The van der Waals surface area contributed by atoms with Gasteiger partial charge < -0.3 is 5.73 Å². The molecule has 0 bridgehead atoms. The molecule has 9 heteroatoms. The van der Waals surface area contributed by atoms with Gasteiger partial charge in [-0.3, -0.25) is 4.99 Å². The molecule has 23 heavy (non-hydrogen) atoms. The number of benzene rings is 1. The Kier molecular flexibility index (Phi) is 3.44. The van der Waals surface area contributed by atoms with Crippen LogP contribution in [-0.4, -0.2) is 30.7 Å². The predicted octanol–water partition coefficient (Wildman–Crippen LogP) is 2.76. The quantitative estimate of drug-likeness (QED) is 0.773. The van der Waals surface area contributed by atoms with Crippen LogP contribution in [0.15, 0.2) is 27.7 Å². The summed E-state index contributed by atoms with van der Waals surface area (Å²) in [6.07, 6.45) is -1.73. The monoisotopic (exact) mass is 410 g/mol. The van der Waals surface area contributed by atoms with Gasteiger partial charge in [-0.05, 0) is 25.1 Å². The molecule has 1 heterocycles. The second-order valence-electron chi connectivity index (χ2n) is 6.36. The Morgan fingerprint density at radius 1 is 1.30 bits per heavy atom. The van der Waals surface area contributed by atoms with Gasteiger partial charge in [-0.25, -0.2) is 21.6 Å². The number of amidine groups is 1. The van der Waals surface area contributed by atoms with E-state index in [0.29, 0.717) is 4.47 Å². The fourth-order valence-corrected chi connectivity index (χ4v) is 6.12. The Balaban J connectivity index is 2.13. The number of rotatable bonds is 1. The van der Waals surface area contributed by atoms with Crippen molar-refractivity contribution in [3.05, 3.63) is 34.1 Å². The number of halogens is 4. The highest BCUT2D eigenvalue weighted by molar-refractivity contribution is 9.10. The van der Waals surface area contributed by atoms with Gasteiger partial charge in [0.1, 0.15) is 21.9 Å². The van der Waals surface area contributed by atoms with Crippen molar-refractivity contribution in [3.8, 4) is 0 Å². The van der Waals surface area contributed by atoms with Gasteiger partial charge in [0, 0.05) is 22.9 Å². The van der Waals surface area contributed by atoms with Crippen LogP contribution in [0.1, 0.15) is 25.3 Å². The van der Waals surface area contributed by atoms with Gasteiger partial charge in [0.25, 0.3) is 5.92 Å². The molecule has 1 spiro atoms. The van der Waals surface area contributed by atoms with Crippen LogP contribution < -0.4 is 5.73 Å². The number of nitrogens with two attached hydrogens (primary N) is 1. The van der Waals surface area contributed by atoms with E-state index in [9.17, 15) is 21.6 Å². The maximum atomic E-state index is 14.1. The van der Waals surface area contributed by atoms with Crippen LogP contribution in [0.2, 0.25) is 0 Å². The maximum Gasteiger partial charge on any atom is 0.252 e. The van der Waals surface area contributed by atoms with E-state index in [-0.39, 0.29) is 11.4 Å². The van der Waals surface area contributed by atoms with Crippen molar-refractivity contribution in [2.45, 2.75) is 36.0 Å². The third-order valence-electron chi connectivity index (χ3n) is 4.50. The van der Waals surface area contributed by atoms with Crippen LogP contribution in [0, 0.1) is 5.82 Å². The zero-order valence-electron chi connectivity index (χ0n) is 12.1. The Hall–Kier alpha value is -1.09. The smallest absolute Gasteiger partial charge is 0.252 e. The molecule has 1 aromatic carbocycles. The van der Waals surface area contributed by atoms with E-state index in [1.54, 1.807) is 0 Å². The fourth-order valence-electron chi connectivity index (χ4n) is 3.30. The topological polar surface area (TPSA) is 72.5 Å². The number of hydrogen-bond donors (Lipinski definition) is 1. The summed E-state index contributed by atoms with van der Waals surface area (Å²) in [5.74, 6) is -4.62. The second kappa shape index (κ2) is 4.72. The van der Waals surface area contributed by atoms with E-state index in [2.05, 4.69) is 20.9 Å². The summed E-state index contributed by atoms with van der Waals surface area (Å²) < 4.78 is 64.7. The zero-order valence-corrected chi connectivity index (χ0v) is 14.5. The van der Waals surface area contributed by atoms with Gasteiger partial charge in [0.2, 0.25) is 0 Å². The van der Waals surface area contributed by atoms with E-state index in [4.69, 9.17) is 5.73 Å².